The lowest BCUT2D eigenvalue weighted by Crippen LogP contribution is -2.46. The molecule has 0 unspecified atom stereocenters. The van der Waals surface area contributed by atoms with Crippen molar-refractivity contribution < 1.29 is 4.39 Å². The quantitative estimate of drug-likeness (QED) is 0.916. The Morgan fingerprint density at radius 1 is 1.29 bits per heavy atom. The molecule has 2 heterocycles. The zero-order valence-corrected chi connectivity index (χ0v) is 11.5. The molecule has 0 spiro atoms. The molecule has 1 aliphatic rings. The summed E-state index contributed by atoms with van der Waals surface area (Å²) in [6.45, 7) is 3.89. The van der Waals surface area contributed by atoms with E-state index >= 15 is 0 Å². The minimum atomic E-state index is -0.335. The lowest BCUT2D eigenvalue weighted by Gasteiger charge is -2.35. The first kappa shape index (κ1) is 13.5. The third kappa shape index (κ3) is 3.01. The summed E-state index contributed by atoms with van der Waals surface area (Å²) in [4.78, 5) is 8.36. The van der Waals surface area contributed by atoms with Crippen LogP contribution in [0.15, 0.2) is 24.5 Å². The third-order valence-electron chi connectivity index (χ3n) is 3.63. The van der Waals surface area contributed by atoms with E-state index in [0.717, 1.165) is 38.5 Å². The van der Waals surface area contributed by atoms with Crippen LogP contribution in [0.25, 0.3) is 0 Å². The summed E-state index contributed by atoms with van der Waals surface area (Å²) in [5.74, 6) is 0.505. The van der Waals surface area contributed by atoms with Gasteiger partial charge in [0.05, 0.1) is 23.9 Å². The van der Waals surface area contributed by atoms with E-state index < -0.39 is 0 Å². The van der Waals surface area contributed by atoms with Gasteiger partial charge in [0.25, 0.3) is 0 Å². The molecule has 1 aliphatic heterocycles. The van der Waals surface area contributed by atoms with Gasteiger partial charge in [-0.2, -0.15) is 10.4 Å². The van der Waals surface area contributed by atoms with Gasteiger partial charge in [-0.05, 0) is 18.2 Å². The molecular formula is C14H15FN6. The number of benzene rings is 1. The number of aromatic amines is 1. The second-order valence-corrected chi connectivity index (χ2v) is 4.97. The van der Waals surface area contributed by atoms with Crippen LogP contribution >= 0.6 is 0 Å². The standard InChI is InChI=1S/C14H15FN6/c15-12-7-11(8-16)1-2-13(12)21-5-3-20(4-6-21)9-14-17-10-18-19-14/h1-2,7,10H,3-6,9H2,(H,17,18,19). The van der Waals surface area contributed by atoms with Crippen molar-refractivity contribution in [1.29, 1.82) is 5.26 Å². The van der Waals surface area contributed by atoms with Gasteiger partial charge in [-0.1, -0.05) is 0 Å². The molecule has 0 saturated carbocycles. The Morgan fingerprint density at radius 2 is 2.10 bits per heavy atom. The van der Waals surface area contributed by atoms with Crippen LogP contribution in [0.1, 0.15) is 11.4 Å². The van der Waals surface area contributed by atoms with Gasteiger partial charge in [0.15, 0.2) is 0 Å². The average molecular weight is 286 g/mol. The molecule has 108 valence electrons. The zero-order valence-electron chi connectivity index (χ0n) is 11.5. The average Bonchev–Trinajstić information content (AvgIpc) is 3.01. The van der Waals surface area contributed by atoms with Crippen molar-refractivity contribution in [2.75, 3.05) is 31.1 Å². The summed E-state index contributed by atoms with van der Waals surface area (Å²) in [5, 5.41) is 15.4. The molecule has 0 radical (unpaired) electrons. The molecule has 0 atom stereocenters. The Kier molecular flexibility index (Phi) is 3.79. The summed E-state index contributed by atoms with van der Waals surface area (Å²) < 4.78 is 14.0. The predicted octanol–water partition coefficient (Wildman–Crippen LogP) is 1.14. The smallest absolute Gasteiger partial charge is 0.147 e. The second kappa shape index (κ2) is 5.89. The molecule has 2 aromatic rings. The fraction of sp³-hybridized carbons (Fsp3) is 0.357. The zero-order chi connectivity index (χ0) is 14.7. The normalized spacial score (nSPS) is 15.9. The summed E-state index contributed by atoms with van der Waals surface area (Å²) in [6.07, 6.45) is 1.50. The lowest BCUT2D eigenvalue weighted by molar-refractivity contribution is 0.243. The van der Waals surface area contributed by atoms with Crippen LogP contribution in [0, 0.1) is 17.1 Å². The number of anilines is 1. The SMILES string of the molecule is N#Cc1ccc(N2CCN(Cc3ncn[nH]3)CC2)c(F)c1. The maximum absolute atomic E-state index is 14.0. The maximum atomic E-state index is 14.0. The monoisotopic (exact) mass is 286 g/mol. The van der Waals surface area contributed by atoms with Crippen molar-refractivity contribution in [3.05, 3.63) is 41.7 Å². The highest BCUT2D eigenvalue weighted by Gasteiger charge is 2.20. The fourth-order valence-corrected chi connectivity index (χ4v) is 2.50. The Balaban J connectivity index is 1.62. The molecule has 6 nitrogen and oxygen atoms in total. The largest absolute Gasteiger partial charge is 0.367 e. The van der Waals surface area contributed by atoms with Gasteiger partial charge in [-0.3, -0.25) is 10.00 Å². The molecule has 0 aliphatic carbocycles. The number of aromatic nitrogens is 3. The van der Waals surface area contributed by atoms with E-state index in [9.17, 15) is 4.39 Å². The molecular weight excluding hydrogens is 271 g/mol. The van der Waals surface area contributed by atoms with Crippen molar-refractivity contribution in [3.8, 4) is 6.07 Å². The summed E-state index contributed by atoms with van der Waals surface area (Å²) >= 11 is 0. The van der Waals surface area contributed by atoms with Crippen LogP contribution in [0.4, 0.5) is 10.1 Å². The van der Waals surface area contributed by atoms with Crippen molar-refractivity contribution in [1.82, 2.24) is 20.1 Å². The topological polar surface area (TPSA) is 71.8 Å². The van der Waals surface area contributed by atoms with Crippen LogP contribution in [-0.4, -0.2) is 46.3 Å². The number of hydrogen-bond acceptors (Lipinski definition) is 5. The van der Waals surface area contributed by atoms with Gasteiger partial charge >= 0.3 is 0 Å². The van der Waals surface area contributed by atoms with Crippen molar-refractivity contribution in [3.63, 3.8) is 0 Å². The first-order chi connectivity index (χ1) is 10.3. The van der Waals surface area contributed by atoms with E-state index in [0.29, 0.717) is 11.3 Å². The number of hydrogen-bond donors (Lipinski definition) is 1. The van der Waals surface area contributed by atoms with Crippen LogP contribution in [0.3, 0.4) is 0 Å². The second-order valence-electron chi connectivity index (χ2n) is 4.97. The number of rotatable bonds is 3. The van der Waals surface area contributed by atoms with E-state index in [1.54, 1.807) is 12.1 Å². The van der Waals surface area contributed by atoms with Crippen LogP contribution in [0.2, 0.25) is 0 Å². The molecule has 0 amide bonds. The molecule has 1 aromatic carbocycles. The maximum Gasteiger partial charge on any atom is 0.147 e. The predicted molar refractivity (Wildman–Crippen MR) is 75.0 cm³/mol. The summed E-state index contributed by atoms with van der Waals surface area (Å²) in [7, 11) is 0. The number of nitriles is 1. The number of nitrogens with zero attached hydrogens (tertiary/aromatic N) is 5. The summed E-state index contributed by atoms with van der Waals surface area (Å²) in [5.41, 5.74) is 0.911. The first-order valence-corrected chi connectivity index (χ1v) is 6.77. The molecule has 1 aromatic heterocycles. The fourth-order valence-electron chi connectivity index (χ4n) is 2.50. The Hall–Kier alpha value is -2.46. The van der Waals surface area contributed by atoms with Crippen molar-refractivity contribution in [2.45, 2.75) is 6.54 Å². The van der Waals surface area contributed by atoms with Gasteiger partial charge in [-0.15, -0.1) is 0 Å². The highest BCUT2D eigenvalue weighted by Crippen LogP contribution is 2.22. The Labute approximate surface area is 121 Å². The van der Waals surface area contributed by atoms with Gasteiger partial charge in [0.1, 0.15) is 18.0 Å². The van der Waals surface area contributed by atoms with Gasteiger partial charge < -0.3 is 4.90 Å². The lowest BCUT2D eigenvalue weighted by atomic mass is 10.2. The first-order valence-electron chi connectivity index (χ1n) is 6.77. The summed E-state index contributed by atoms with van der Waals surface area (Å²) in [6, 6.07) is 6.57. The van der Waals surface area contributed by atoms with Gasteiger partial charge in [0, 0.05) is 26.2 Å². The highest BCUT2D eigenvalue weighted by molar-refractivity contribution is 5.51. The van der Waals surface area contributed by atoms with Crippen LogP contribution < -0.4 is 4.90 Å². The third-order valence-corrected chi connectivity index (χ3v) is 3.63. The molecule has 7 heteroatoms. The molecule has 21 heavy (non-hydrogen) atoms. The molecule has 1 N–H and O–H groups in total. The molecule has 3 rings (SSSR count). The van der Waals surface area contributed by atoms with E-state index in [4.69, 9.17) is 5.26 Å². The van der Waals surface area contributed by atoms with E-state index in [1.165, 1.54) is 12.4 Å². The van der Waals surface area contributed by atoms with Crippen molar-refractivity contribution >= 4 is 5.69 Å². The molecule has 0 bridgehead atoms. The number of piperazine rings is 1. The molecule has 1 fully saturated rings. The van der Waals surface area contributed by atoms with E-state index in [2.05, 4.69) is 20.1 Å². The van der Waals surface area contributed by atoms with Crippen LogP contribution in [0.5, 0.6) is 0 Å². The minimum Gasteiger partial charge on any atom is -0.367 e. The van der Waals surface area contributed by atoms with Crippen LogP contribution in [-0.2, 0) is 6.54 Å². The Morgan fingerprint density at radius 3 is 2.71 bits per heavy atom. The molecule has 1 saturated heterocycles. The number of halogens is 1. The van der Waals surface area contributed by atoms with E-state index in [-0.39, 0.29) is 5.82 Å². The van der Waals surface area contributed by atoms with E-state index in [1.807, 2.05) is 11.0 Å². The number of nitrogens with one attached hydrogen (secondary N) is 1. The van der Waals surface area contributed by atoms with Gasteiger partial charge in [0.2, 0.25) is 0 Å². The van der Waals surface area contributed by atoms with Gasteiger partial charge in [-0.25, -0.2) is 9.37 Å². The number of H-pyrrole nitrogens is 1. The van der Waals surface area contributed by atoms with Crippen molar-refractivity contribution in [2.24, 2.45) is 0 Å². The highest BCUT2D eigenvalue weighted by atomic mass is 19.1. The Bertz CT molecular complexity index is 640. The minimum absolute atomic E-state index is 0.335.